The van der Waals surface area contributed by atoms with Gasteiger partial charge in [0.1, 0.15) is 5.82 Å². The van der Waals surface area contributed by atoms with Crippen LogP contribution in [0.3, 0.4) is 0 Å². The Hall–Kier alpha value is -2.08. The molecule has 0 aliphatic rings. The van der Waals surface area contributed by atoms with Crippen molar-refractivity contribution < 1.29 is 4.92 Å². The summed E-state index contributed by atoms with van der Waals surface area (Å²) in [6, 6.07) is 11.1. The Kier molecular flexibility index (Phi) is 4.80. The molecule has 0 saturated carbocycles. The van der Waals surface area contributed by atoms with Crippen molar-refractivity contribution in [3.05, 3.63) is 52.1 Å². The molecule has 110 valence electrons. The Bertz CT molecular complexity index is 642. The third-order valence-electron chi connectivity index (χ3n) is 3.05. The van der Waals surface area contributed by atoms with Crippen molar-refractivity contribution in [1.82, 2.24) is 4.98 Å². The highest BCUT2D eigenvalue weighted by molar-refractivity contribution is 7.99. The van der Waals surface area contributed by atoms with Gasteiger partial charge in [-0.3, -0.25) is 10.1 Å². The highest BCUT2D eigenvalue weighted by Crippen LogP contribution is 2.34. The molecule has 1 aromatic carbocycles. The second-order valence-corrected chi connectivity index (χ2v) is 5.92. The van der Waals surface area contributed by atoms with Crippen LogP contribution in [0.2, 0.25) is 0 Å². The van der Waals surface area contributed by atoms with Crippen molar-refractivity contribution in [3.8, 4) is 0 Å². The van der Waals surface area contributed by atoms with Crippen molar-refractivity contribution in [1.29, 1.82) is 0 Å². The van der Waals surface area contributed by atoms with Crippen LogP contribution >= 0.6 is 11.8 Å². The first kappa shape index (κ1) is 15.3. The molecule has 2 aromatic rings. The summed E-state index contributed by atoms with van der Waals surface area (Å²) < 4.78 is 0. The molecule has 0 atom stereocenters. The highest BCUT2D eigenvalue weighted by Gasteiger charge is 2.17. The van der Waals surface area contributed by atoms with E-state index in [0.29, 0.717) is 16.8 Å². The lowest BCUT2D eigenvalue weighted by atomic mass is 10.0. The molecule has 0 spiro atoms. The van der Waals surface area contributed by atoms with Gasteiger partial charge in [-0.05, 0) is 29.7 Å². The van der Waals surface area contributed by atoms with E-state index in [1.165, 1.54) is 23.4 Å². The van der Waals surface area contributed by atoms with Gasteiger partial charge in [0.15, 0.2) is 5.03 Å². The van der Waals surface area contributed by atoms with Crippen LogP contribution in [0.1, 0.15) is 25.3 Å². The lowest BCUT2D eigenvalue weighted by molar-refractivity contribution is -0.388. The van der Waals surface area contributed by atoms with Crippen LogP contribution < -0.4 is 5.32 Å². The topological polar surface area (TPSA) is 68.1 Å². The second kappa shape index (κ2) is 6.58. The monoisotopic (exact) mass is 303 g/mol. The average Bonchev–Trinajstić information content (AvgIpc) is 2.47. The molecule has 0 aliphatic carbocycles. The van der Waals surface area contributed by atoms with E-state index in [-0.39, 0.29) is 5.69 Å². The molecular weight excluding hydrogens is 286 g/mol. The summed E-state index contributed by atoms with van der Waals surface area (Å²) >= 11 is 1.30. The van der Waals surface area contributed by atoms with Gasteiger partial charge in [-0.15, -0.1) is 0 Å². The van der Waals surface area contributed by atoms with Crippen LogP contribution in [0.5, 0.6) is 0 Å². The van der Waals surface area contributed by atoms with Gasteiger partial charge in [-0.25, -0.2) is 4.98 Å². The maximum atomic E-state index is 11.1. The Balaban J connectivity index is 2.31. The van der Waals surface area contributed by atoms with Crippen molar-refractivity contribution in [2.75, 3.05) is 12.4 Å². The number of anilines is 1. The fourth-order valence-electron chi connectivity index (χ4n) is 1.82. The molecule has 6 heteroatoms. The van der Waals surface area contributed by atoms with E-state index < -0.39 is 4.92 Å². The average molecular weight is 303 g/mol. The minimum atomic E-state index is -0.405. The lowest BCUT2D eigenvalue weighted by Gasteiger charge is -2.07. The SMILES string of the molecule is CNc1ccc([N+](=O)[O-])c(Sc2ccc(C(C)C)cc2)n1. The number of hydrogen-bond donors (Lipinski definition) is 1. The first-order chi connectivity index (χ1) is 10.0. The minimum absolute atomic E-state index is 0.0203. The number of nitro groups is 1. The number of hydrogen-bond acceptors (Lipinski definition) is 5. The predicted octanol–water partition coefficient (Wildman–Crippen LogP) is 4.31. The fourth-order valence-corrected chi connectivity index (χ4v) is 2.71. The molecule has 0 bridgehead atoms. The molecule has 0 saturated heterocycles. The predicted molar refractivity (Wildman–Crippen MR) is 85.1 cm³/mol. The number of benzene rings is 1. The highest BCUT2D eigenvalue weighted by atomic mass is 32.2. The number of aromatic nitrogens is 1. The van der Waals surface area contributed by atoms with Crippen LogP contribution in [0.25, 0.3) is 0 Å². The Morgan fingerprint density at radius 2 is 1.86 bits per heavy atom. The molecule has 0 unspecified atom stereocenters. The number of nitrogens with one attached hydrogen (secondary N) is 1. The van der Waals surface area contributed by atoms with Gasteiger partial charge in [0, 0.05) is 18.0 Å². The van der Waals surface area contributed by atoms with E-state index in [1.807, 2.05) is 24.3 Å². The summed E-state index contributed by atoms with van der Waals surface area (Å²) in [5.41, 5.74) is 1.26. The van der Waals surface area contributed by atoms with Crippen LogP contribution in [-0.2, 0) is 0 Å². The fraction of sp³-hybridized carbons (Fsp3) is 0.267. The van der Waals surface area contributed by atoms with E-state index in [2.05, 4.69) is 24.1 Å². The molecular formula is C15H17N3O2S. The Morgan fingerprint density at radius 1 is 1.19 bits per heavy atom. The van der Waals surface area contributed by atoms with Crippen LogP contribution in [-0.4, -0.2) is 17.0 Å². The normalized spacial score (nSPS) is 10.7. The zero-order chi connectivity index (χ0) is 15.4. The van der Waals surface area contributed by atoms with Crippen LogP contribution in [0.15, 0.2) is 46.3 Å². The number of rotatable bonds is 5. The van der Waals surface area contributed by atoms with Crippen molar-refractivity contribution in [2.45, 2.75) is 29.7 Å². The first-order valence-corrected chi connectivity index (χ1v) is 7.44. The number of pyridine rings is 1. The summed E-state index contributed by atoms with van der Waals surface area (Å²) in [6.45, 7) is 4.26. The largest absolute Gasteiger partial charge is 0.373 e. The summed E-state index contributed by atoms with van der Waals surface area (Å²) in [7, 11) is 1.74. The van der Waals surface area contributed by atoms with E-state index in [0.717, 1.165) is 4.90 Å². The van der Waals surface area contributed by atoms with E-state index in [4.69, 9.17) is 0 Å². The van der Waals surface area contributed by atoms with Gasteiger partial charge < -0.3 is 5.32 Å². The van der Waals surface area contributed by atoms with Gasteiger partial charge in [0.2, 0.25) is 0 Å². The molecule has 2 rings (SSSR count). The maximum absolute atomic E-state index is 11.1. The Labute approximate surface area is 127 Å². The quantitative estimate of drug-likeness (QED) is 0.658. The smallest absolute Gasteiger partial charge is 0.301 e. The van der Waals surface area contributed by atoms with Crippen LogP contribution in [0, 0.1) is 10.1 Å². The molecule has 21 heavy (non-hydrogen) atoms. The van der Waals surface area contributed by atoms with Crippen molar-refractivity contribution in [3.63, 3.8) is 0 Å². The summed E-state index contributed by atoms with van der Waals surface area (Å²) in [5, 5.41) is 14.4. The number of nitrogens with zero attached hydrogens (tertiary/aromatic N) is 2. The summed E-state index contributed by atoms with van der Waals surface area (Å²) in [5.74, 6) is 1.08. The third kappa shape index (κ3) is 3.72. The molecule has 1 N–H and O–H groups in total. The van der Waals surface area contributed by atoms with Gasteiger partial charge in [0.25, 0.3) is 0 Å². The van der Waals surface area contributed by atoms with Crippen molar-refractivity contribution >= 4 is 23.3 Å². The van der Waals surface area contributed by atoms with Gasteiger partial charge in [0.05, 0.1) is 4.92 Å². The van der Waals surface area contributed by atoms with E-state index >= 15 is 0 Å². The molecule has 1 heterocycles. The second-order valence-electron chi connectivity index (χ2n) is 4.85. The first-order valence-electron chi connectivity index (χ1n) is 6.62. The van der Waals surface area contributed by atoms with Gasteiger partial charge in [-0.2, -0.15) is 0 Å². The molecule has 0 fully saturated rings. The Morgan fingerprint density at radius 3 is 2.38 bits per heavy atom. The molecule has 0 radical (unpaired) electrons. The van der Waals surface area contributed by atoms with Gasteiger partial charge in [-0.1, -0.05) is 37.7 Å². The zero-order valence-corrected chi connectivity index (χ0v) is 13.0. The molecule has 5 nitrogen and oxygen atoms in total. The summed E-state index contributed by atoms with van der Waals surface area (Å²) in [6.07, 6.45) is 0. The standard InChI is InChI=1S/C15H17N3O2S/c1-10(2)11-4-6-12(7-5-11)21-15-13(18(19)20)8-9-14(16-3)17-15/h4-10H,1-3H3,(H,16,17). The third-order valence-corrected chi connectivity index (χ3v) is 4.06. The van der Waals surface area contributed by atoms with E-state index in [9.17, 15) is 10.1 Å². The molecule has 1 aromatic heterocycles. The maximum Gasteiger partial charge on any atom is 0.301 e. The van der Waals surface area contributed by atoms with E-state index in [1.54, 1.807) is 13.1 Å². The molecule has 0 amide bonds. The zero-order valence-electron chi connectivity index (χ0n) is 12.2. The lowest BCUT2D eigenvalue weighted by Crippen LogP contribution is -1.98. The molecule has 0 aliphatic heterocycles. The minimum Gasteiger partial charge on any atom is -0.373 e. The van der Waals surface area contributed by atoms with Crippen LogP contribution in [0.4, 0.5) is 11.5 Å². The summed E-state index contributed by atoms with van der Waals surface area (Å²) in [4.78, 5) is 15.9. The van der Waals surface area contributed by atoms with Crippen molar-refractivity contribution in [2.24, 2.45) is 0 Å². The van der Waals surface area contributed by atoms with Gasteiger partial charge >= 0.3 is 5.69 Å².